The zero-order valence-corrected chi connectivity index (χ0v) is 12.8. The topological polar surface area (TPSA) is 72.7 Å². The van der Waals surface area contributed by atoms with Crippen LogP contribution in [-0.2, 0) is 4.79 Å². The molecule has 6 heteroatoms. The van der Waals surface area contributed by atoms with Crippen LogP contribution in [0.4, 0.5) is 5.82 Å². The number of aryl methyl sites for hydroxylation is 2. The summed E-state index contributed by atoms with van der Waals surface area (Å²) in [5.74, 6) is 1.20. The monoisotopic (exact) mass is 297 g/mol. The molecule has 0 saturated heterocycles. The molecular formula is C16H19N5O. The second kappa shape index (κ2) is 6.09. The van der Waals surface area contributed by atoms with Gasteiger partial charge in [0.15, 0.2) is 5.82 Å². The summed E-state index contributed by atoms with van der Waals surface area (Å²) in [6, 6.07) is 3.73. The molecule has 0 aliphatic heterocycles. The van der Waals surface area contributed by atoms with Crippen LogP contribution in [0.5, 0.6) is 0 Å². The van der Waals surface area contributed by atoms with E-state index in [1.165, 1.54) is 6.33 Å². The van der Waals surface area contributed by atoms with Gasteiger partial charge >= 0.3 is 0 Å². The Morgan fingerprint density at radius 3 is 2.82 bits per heavy atom. The number of amides is 1. The molecule has 0 bridgehead atoms. The van der Waals surface area contributed by atoms with Gasteiger partial charge in [-0.05, 0) is 39.2 Å². The van der Waals surface area contributed by atoms with Crippen LogP contribution >= 0.6 is 0 Å². The Hall–Kier alpha value is -2.50. The maximum absolute atomic E-state index is 12.3. The fraction of sp³-hybridized carbons (Fsp3) is 0.375. The molecule has 0 saturated carbocycles. The summed E-state index contributed by atoms with van der Waals surface area (Å²) >= 11 is 0. The lowest BCUT2D eigenvalue weighted by atomic mass is 9.94. The Balaban J connectivity index is 1.78. The third kappa shape index (κ3) is 3.05. The molecule has 1 N–H and O–H groups in total. The van der Waals surface area contributed by atoms with Crippen molar-refractivity contribution in [2.45, 2.75) is 33.1 Å². The highest BCUT2D eigenvalue weighted by molar-refractivity contribution is 5.92. The number of nitrogens with zero attached hydrogens (tertiary/aromatic N) is 4. The molecule has 1 aliphatic rings. The number of hydrogen-bond acceptors (Lipinski definition) is 4. The van der Waals surface area contributed by atoms with E-state index in [0.29, 0.717) is 11.6 Å². The van der Waals surface area contributed by atoms with Crippen molar-refractivity contribution in [3.05, 3.63) is 42.0 Å². The van der Waals surface area contributed by atoms with Gasteiger partial charge in [0.05, 0.1) is 5.69 Å². The Morgan fingerprint density at radius 1 is 1.27 bits per heavy atom. The highest BCUT2D eigenvalue weighted by atomic mass is 16.1. The van der Waals surface area contributed by atoms with E-state index in [0.717, 1.165) is 30.7 Å². The van der Waals surface area contributed by atoms with Gasteiger partial charge in [-0.3, -0.25) is 4.79 Å². The van der Waals surface area contributed by atoms with Crippen molar-refractivity contribution in [1.29, 1.82) is 0 Å². The number of nitrogens with one attached hydrogen (secondary N) is 1. The minimum Gasteiger partial charge on any atom is -0.310 e. The molecule has 1 aliphatic carbocycles. The molecule has 0 radical (unpaired) electrons. The van der Waals surface area contributed by atoms with Crippen LogP contribution in [0.2, 0.25) is 0 Å². The van der Waals surface area contributed by atoms with Gasteiger partial charge in [-0.15, -0.1) is 0 Å². The first-order chi connectivity index (χ1) is 10.6. The number of aromatic nitrogens is 4. The SMILES string of the molecule is Cc1cc(C)n(-c2cc(NC(=O)C3CC=CCC3)ncn2)n1. The molecule has 0 fully saturated rings. The van der Waals surface area contributed by atoms with Crippen molar-refractivity contribution in [1.82, 2.24) is 19.7 Å². The molecular weight excluding hydrogens is 278 g/mol. The van der Waals surface area contributed by atoms with Gasteiger partial charge in [0.2, 0.25) is 5.91 Å². The summed E-state index contributed by atoms with van der Waals surface area (Å²) in [7, 11) is 0. The van der Waals surface area contributed by atoms with E-state index < -0.39 is 0 Å². The van der Waals surface area contributed by atoms with Crippen LogP contribution in [0.25, 0.3) is 5.82 Å². The largest absolute Gasteiger partial charge is 0.310 e. The van der Waals surface area contributed by atoms with E-state index in [1.54, 1.807) is 10.7 Å². The summed E-state index contributed by atoms with van der Waals surface area (Å²) in [5, 5.41) is 7.28. The van der Waals surface area contributed by atoms with E-state index in [-0.39, 0.29) is 11.8 Å². The average molecular weight is 297 g/mol. The van der Waals surface area contributed by atoms with Gasteiger partial charge in [0, 0.05) is 17.7 Å². The van der Waals surface area contributed by atoms with Crippen LogP contribution in [0.15, 0.2) is 30.6 Å². The molecule has 6 nitrogen and oxygen atoms in total. The van der Waals surface area contributed by atoms with Gasteiger partial charge < -0.3 is 5.32 Å². The molecule has 1 atom stereocenters. The fourth-order valence-corrected chi connectivity index (χ4v) is 2.65. The zero-order chi connectivity index (χ0) is 15.5. The van der Waals surface area contributed by atoms with E-state index in [2.05, 4.69) is 32.5 Å². The van der Waals surface area contributed by atoms with Crippen LogP contribution in [-0.4, -0.2) is 25.7 Å². The molecule has 1 unspecified atom stereocenters. The van der Waals surface area contributed by atoms with Gasteiger partial charge in [-0.2, -0.15) is 5.10 Å². The minimum atomic E-state index is 0.0161. The van der Waals surface area contributed by atoms with Gasteiger partial charge in [0.25, 0.3) is 0 Å². The fourth-order valence-electron chi connectivity index (χ4n) is 2.65. The van der Waals surface area contributed by atoms with Gasteiger partial charge in [0.1, 0.15) is 12.1 Å². The predicted molar refractivity (Wildman–Crippen MR) is 83.7 cm³/mol. The van der Waals surface area contributed by atoms with Crippen molar-refractivity contribution < 1.29 is 4.79 Å². The lowest BCUT2D eigenvalue weighted by Crippen LogP contribution is -2.24. The van der Waals surface area contributed by atoms with Crippen LogP contribution in [0.3, 0.4) is 0 Å². The van der Waals surface area contributed by atoms with Crippen molar-refractivity contribution in [2.75, 3.05) is 5.32 Å². The lowest BCUT2D eigenvalue weighted by Gasteiger charge is -2.17. The molecule has 2 aromatic rings. The van der Waals surface area contributed by atoms with E-state index in [1.807, 2.05) is 19.9 Å². The summed E-state index contributed by atoms with van der Waals surface area (Å²) in [5.41, 5.74) is 1.92. The number of allylic oxidation sites excluding steroid dienone is 2. The van der Waals surface area contributed by atoms with Crippen LogP contribution < -0.4 is 5.32 Å². The standard InChI is InChI=1S/C16H19N5O/c1-11-8-12(2)21(20-11)15-9-14(17-10-18-15)19-16(22)13-6-4-3-5-7-13/h3-4,8-10,13H,5-7H2,1-2H3,(H,17,18,19,22). The highest BCUT2D eigenvalue weighted by Crippen LogP contribution is 2.20. The predicted octanol–water partition coefficient (Wildman–Crippen LogP) is 2.57. The molecule has 1 amide bonds. The number of hydrogen-bond donors (Lipinski definition) is 1. The average Bonchev–Trinajstić information content (AvgIpc) is 2.87. The second-order valence-electron chi connectivity index (χ2n) is 5.57. The Morgan fingerprint density at radius 2 is 2.14 bits per heavy atom. The smallest absolute Gasteiger partial charge is 0.228 e. The number of carbonyl (C=O) groups is 1. The zero-order valence-electron chi connectivity index (χ0n) is 12.8. The van der Waals surface area contributed by atoms with Crippen LogP contribution in [0.1, 0.15) is 30.7 Å². The second-order valence-corrected chi connectivity index (χ2v) is 5.57. The first-order valence-electron chi connectivity index (χ1n) is 7.45. The Kier molecular flexibility index (Phi) is 4.00. The quantitative estimate of drug-likeness (QED) is 0.884. The van der Waals surface area contributed by atoms with E-state index >= 15 is 0 Å². The summed E-state index contributed by atoms with van der Waals surface area (Å²) < 4.78 is 1.75. The van der Waals surface area contributed by atoms with E-state index in [4.69, 9.17) is 0 Å². The van der Waals surface area contributed by atoms with Crippen molar-refractivity contribution in [2.24, 2.45) is 5.92 Å². The highest BCUT2D eigenvalue weighted by Gasteiger charge is 2.19. The normalized spacial score (nSPS) is 17.5. The third-order valence-corrected chi connectivity index (χ3v) is 3.77. The maximum atomic E-state index is 12.3. The van der Waals surface area contributed by atoms with Crippen molar-refractivity contribution >= 4 is 11.7 Å². The molecule has 2 heterocycles. The van der Waals surface area contributed by atoms with Gasteiger partial charge in [-0.1, -0.05) is 12.2 Å². The first-order valence-corrected chi connectivity index (χ1v) is 7.45. The maximum Gasteiger partial charge on any atom is 0.228 e. The molecule has 114 valence electrons. The van der Waals surface area contributed by atoms with Gasteiger partial charge in [-0.25, -0.2) is 14.6 Å². The molecule has 3 rings (SSSR count). The molecule has 0 aromatic carbocycles. The van der Waals surface area contributed by atoms with Crippen molar-refractivity contribution in [3.63, 3.8) is 0 Å². The Labute approximate surface area is 129 Å². The lowest BCUT2D eigenvalue weighted by molar-refractivity contribution is -0.120. The summed E-state index contributed by atoms with van der Waals surface area (Å²) in [6.45, 7) is 3.90. The first kappa shape index (κ1) is 14.4. The van der Waals surface area contributed by atoms with Crippen molar-refractivity contribution in [3.8, 4) is 5.82 Å². The number of rotatable bonds is 3. The molecule has 22 heavy (non-hydrogen) atoms. The molecule has 2 aromatic heterocycles. The number of carbonyl (C=O) groups excluding carboxylic acids is 1. The van der Waals surface area contributed by atoms with E-state index in [9.17, 15) is 4.79 Å². The molecule has 0 spiro atoms. The summed E-state index contributed by atoms with van der Waals surface area (Å²) in [4.78, 5) is 20.6. The van der Waals surface area contributed by atoms with Crippen LogP contribution in [0, 0.1) is 19.8 Å². The number of anilines is 1. The Bertz CT molecular complexity index is 719. The summed E-state index contributed by atoms with van der Waals surface area (Å²) in [6.07, 6.45) is 8.27. The minimum absolute atomic E-state index is 0.0161. The third-order valence-electron chi connectivity index (χ3n) is 3.77.